The van der Waals surface area contributed by atoms with E-state index in [1.165, 1.54) is 30.6 Å². The molecule has 1 saturated carbocycles. The Morgan fingerprint density at radius 3 is 2.80 bits per heavy atom. The van der Waals surface area contributed by atoms with Gasteiger partial charge in [-0.1, -0.05) is 19.8 Å². The summed E-state index contributed by atoms with van der Waals surface area (Å²) in [6.07, 6.45) is 8.41. The number of nitrogens with two attached hydrogens (primary N) is 1. The second-order valence-electron chi connectivity index (χ2n) is 5.03. The topological polar surface area (TPSA) is 38.9 Å². The van der Waals surface area contributed by atoms with E-state index in [2.05, 4.69) is 11.9 Å². The number of rotatable bonds is 3. The Kier molecular flexibility index (Phi) is 3.42. The largest absolute Gasteiger partial charge is 0.330 e. The van der Waals surface area contributed by atoms with Gasteiger partial charge in [-0.25, -0.2) is 0 Å². The monoisotopic (exact) mass is 224 g/mol. The van der Waals surface area contributed by atoms with E-state index >= 15 is 0 Å². The van der Waals surface area contributed by atoms with Gasteiger partial charge < -0.3 is 5.73 Å². The molecule has 0 unspecified atom stereocenters. The van der Waals surface area contributed by atoms with Gasteiger partial charge in [-0.2, -0.15) is 0 Å². The SMILES string of the molecule is CC1CCC(CN)(Cc2cncs2)CC1. The normalized spacial score (nSPS) is 31.7. The third-order valence-electron chi connectivity index (χ3n) is 3.80. The Morgan fingerprint density at radius 1 is 1.53 bits per heavy atom. The summed E-state index contributed by atoms with van der Waals surface area (Å²) in [7, 11) is 0. The number of hydrogen-bond donors (Lipinski definition) is 1. The average Bonchev–Trinajstić information content (AvgIpc) is 2.75. The van der Waals surface area contributed by atoms with Crippen molar-refractivity contribution in [3.63, 3.8) is 0 Å². The molecule has 0 amide bonds. The maximum atomic E-state index is 5.98. The van der Waals surface area contributed by atoms with E-state index in [1.807, 2.05) is 11.7 Å². The second-order valence-corrected chi connectivity index (χ2v) is 6.00. The van der Waals surface area contributed by atoms with Crippen LogP contribution in [0.2, 0.25) is 0 Å². The molecule has 1 fully saturated rings. The quantitative estimate of drug-likeness (QED) is 0.857. The van der Waals surface area contributed by atoms with Crippen LogP contribution in [0, 0.1) is 11.3 Å². The number of nitrogens with zero attached hydrogens (tertiary/aromatic N) is 1. The lowest BCUT2D eigenvalue weighted by molar-refractivity contribution is 0.164. The van der Waals surface area contributed by atoms with Crippen molar-refractivity contribution >= 4 is 11.3 Å². The van der Waals surface area contributed by atoms with Crippen molar-refractivity contribution in [1.82, 2.24) is 4.98 Å². The summed E-state index contributed by atoms with van der Waals surface area (Å²) in [5.41, 5.74) is 8.28. The molecule has 0 atom stereocenters. The molecular formula is C12H20N2S. The van der Waals surface area contributed by atoms with E-state index in [0.717, 1.165) is 18.9 Å². The summed E-state index contributed by atoms with van der Waals surface area (Å²) in [4.78, 5) is 5.54. The van der Waals surface area contributed by atoms with Crippen molar-refractivity contribution in [2.45, 2.75) is 39.0 Å². The molecule has 15 heavy (non-hydrogen) atoms. The van der Waals surface area contributed by atoms with Gasteiger partial charge in [0.15, 0.2) is 0 Å². The van der Waals surface area contributed by atoms with Crippen LogP contribution in [0.5, 0.6) is 0 Å². The van der Waals surface area contributed by atoms with Gasteiger partial charge in [0.1, 0.15) is 0 Å². The molecule has 1 aromatic heterocycles. The van der Waals surface area contributed by atoms with E-state index in [1.54, 1.807) is 11.3 Å². The Hall–Kier alpha value is -0.410. The highest BCUT2D eigenvalue weighted by molar-refractivity contribution is 7.09. The first-order chi connectivity index (χ1) is 7.24. The van der Waals surface area contributed by atoms with Crippen LogP contribution in [0.15, 0.2) is 11.7 Å². The molecule has 1 aromatic rings. The third-order valence-corrected chi connectivity index (χ3v) is 4.58. The van der Waals surface area contributed by atoms with E-state index < -0.39 is 0 Å². The number of thiazole rings is 1. The van der Waals surface area contributed by atoms with Crippen LogP contribution in [0.1, 0.15) is 37.5 Å². The van der Waals surface area contributed by atoms with Crippen LogP contribution in [0.3, 0.4) is 0 Å². The van der Waals surface area contributed by atoms with Crippen LogP contribution < -0.4 is 5.73 Å². The predicted octanol–water partition coefficient (Wildman–Crippen LogP) is 2.84. The molecule has 0 bridgehead atoms. The lowest BCUT2D eigenvalue weighted by atomic mass is 9.69. The van der Waals surface area contributed by atoms with Crippen LogP contribution in [0.25, 0.3) is 0 Å². The van der Waals surface area contributed by atoms with Crippen LogP contribution in [0.4, 0.5) is 0 Å². The molecule has 3 heteroatoms. The lowest BCUT2D eigenvalue weighted by Gasteiger charge is -2.38. The molecule has 0 spiro atoms. The summed E-state index contributed by atoms with van der Waals surface area (Å²) < 4.78 is 0. The Balaban J connectivity index is 2.02. The lowest BCUT2D eigenvalue weighted by Crippen LogP contribution is -2.36. The zero-order valence-corrected chi connectivity index (χ0v) is 10.2. The molecule has 1 aliphatic carbocycles. The molecule has 0 radical (unpaired) electrons. The summed E-state index contributed by atoms with van der Waals surface area (Å²) >= 11 is 1.76. The summed E-state index contributed by atoms with van der Waals surface area (Å²) in [6.45, 7) is 3.19. The zero-order valence-electron chi connectivity index (χ0n) is 9.41. The van der Waals surface area contributed by atoms with Crippen molar-refractivity contribution in [3.05, 3.63) is 16.6 Å². The van der Waals surface area contributed by atoms with Crippen molar-refractivity contribution in [3.8, 4) is 0 Å². The Bertz CT molecular complexity index is 287. The highest BCUT2D eigenvalue weighted by Crippen LogP contribution is 2.41. The highest BCUT2D eigenvalue weighted by atomic mass is 32.1. The van der Waals surface area contributed by atoms with Gasteiger partial charge in [-0.15, -0.1) is 11.3 Å². The molecule has 2 nitrogen and oxygen atoms in total. The Morgan fingerprint density at radius 2 is 2.27 bits per heavy atom. The molecule has 84 valence electrons. The molecule has 1 heterocycles. The van der Waals surface area contributed by atoms with Gasteiger partial charge in [-0.05, 0) is 37.1 Å². The van der Waals surface area contributed by atoms with Crippen molar-refractivity contribution in [2.24, 2.45) is 17.1 Å². The maximum absolute atomic E-state index is 5.98. The average molecular weight is 224 g/mol. The molecule has 0 aromatic carbocycles. The van der Waals surface area contributed by atoms with Crippen LogP contribution >= 0.6 is 11.3 Å². The van der Waals surface area contributed by atoms with Gasteiger partial charge >= 0.3 is 0 Å². The van der Waals surface area contributed by atoms with E-state index in [-0.39, 0.29) is 0 Å². The van der Waals surface area contributed by atoms with Gasteiger partial charge in [0.05, 0.1) is 5.51 Å². The van der Waals surface area contributed by atoms with E-state index in [0.29, 0.717) is 5.41 Å². The molecule has 2 rings (SSSR count). The van der Waals surface area contributed by atoms with Gasteiger partial charge in [0.25, 0.3) is 0 Å². The minimum atomic E-state index is 0.374. The predicted molar refractivity (Wildman–Crippen MR) is 64.9 cm³/mol. The molecule has 0 aliphatic heterocycles. The Labute approximate surface area is 95.9 Å². The van der Waals surface area contributed by atoms with Crippen molar-refractivity contribution < 1.29 is 0 Å². The minimum absolute atomic E-state index is 0.374. The first-order valence-corrected chi connectivity index (χ1v) is 6.69. The van der Waals surface area contributed by atoms with Gasteiger partial charge in [0, 0.05) is 11.1 Å². The van der Waals surface area contributed by atoms with Crippen LogP contribution in [-0.4, -0.2) is 11.5 Å². The summed E-state index contributed by atoms with van der Waals surface area (Å²) in [5, 5.41) is 0. The highest BCUT2D eigenvalue weighted by Gasteiger charge is 2.33. The first kappa shape index (κ1) is 11.1. The smallest absolute Gasteiger partial charge is 0.0794 e. The van der Waals surface area contributed by atoms with Gasteiger partial charge in [-0.3, -0.25) is 4.98 Å². The van der Waals surface area contributed by atoms with E-state index in [9.17, 15) is 0 Å². The number of hydrogen-bond acceptors (Lipinski definition) is 3. The summed E-state index contributed by atoms with van der Waals surface area (Å²) in [5.74, 6) is 0.895. The summed E-state index contributed by atoms with van der Waals surface area (Å²) in [6, 6.07) is 0. The minimum Gasteiger partial charge on any atom is -0.330 e. The molecule has 1 aliphatic rings. The van der Waals surface area contributed by atoms with E-state index in [4.69, 9.17) is 5.73 Å². The third kappa shape index (κ3) is 2.58. The van der Waals surface area contributed by atoms with Crippen LogP contribution in [-0.2, 0) is 6.42 Å². The molecular weight excluding hydrogens is 204 g/mol. The fraction of sp³-hybridized carbons (Fsp3) is 0.750. The molecule has 0 saturated heterocycles. The van der Waals surface area contributed by atoms with Gasteiger partial charge in [0.2, 0.25) is 0 Å². The standard InChI is InChI=1S/C12H20N2S/c1-10-2-4-12(8-13,5-3-10)6-11-7-14-9-15-11/h7,9-10H,2-6,8,13H2,1H3. The molecule has 2 N–H and O–H groups in total. The maximum Gasteiger partial charge on any atom is 0.0794 e. The fourth-order valence-electron chi connectivity index (χ4n) is 2.53. The first-order valence-electron chi connectivity index (χ1n) is 5.81. The van der Waals surface area contributed by atoms with Crippen molar-refractivity contribution in [2.75, 3.05) is 6.54 Å². The number of aromatic nitrogens is 1. The van der Waals surface area contributed by atoms with Crippen molar-refractivity contribution in [1.29, 1.82) is 0 Å². The zero-order chi connectivity index (χ0) is 10.7. The second kappa shape index (κ2) is 4.62. The fourth-order valence-corrected chi connectivity index (χ4v) is 3.29.